The molecule has 0 atom stereocenters. The molecular formula is C21H26ClN3O2. The molecule has 0 aliphatic carbocycles. The smallest absolute Gasteiger partial charge is 0.321 e. The molecule has 2 aromatic rings. The van der Waals surface area contributed by atoms with Crippen LogP contribution in [0.4, 0.5) is 10.5 Å². The number of hydrogen-bond donors (Lipinski definition) is 1. The number of rotatable bonds is 4. The van der Waals surface area contributed by atoms with E-state index in [-0.39, 0.29) is 6.03 Å². The minimum Gasteiger partial charge on any atom is -0.496 e. The molecule has 0 unspecified atom stereocenters. The van der Waals surface area contributed by atoms with E-state index in [0.29, 0.717) is 23.8 Å². The van der Waals surface area contributed by atoms with Crippen LogP contribution in [-0.2, 0) is 6.54 Å². The summed E-state index contributed by atoms with van der Waals surface area (Å²) < 4.78 is 5.43. The van der Waals surface area contributed by atoms with Gasteiger partial charge in [0, 0.05) is 38.3 Å². The summed E-state index contributed by atoms with van der Waals surface area (Å²) in [6.07, 6.45) is 0. The number of halogens is 1. The molecule has 5 nitrogen and oxygen atoms in total. The number of benzene rings is 2. The van der Waals surface area contributed by atoms with E-state index in [2.05, 4.69) is 16.3 Å². The van der Waals surface area contributed by atoms with Gasteiger partial charge in [0.15, 0.2) is 0 Å². The quantitative estimate of drug-likeness (QED) is 0.849. The van der Waals surface area contributed by atoms with Crippen molar-refractivity contribution >= 4 is 23.3 Å². The Morgan fingerprint density at radius 3 is 2.52 bits per heavy atom. The van der Waals surface area contributed by atoms with Crippen LogP contribution in [0.1, 0.15) is 16.7 Å². The molecule has 1 aliphatic heterocycles. The lowest BCUT2D eigenvalue weighted by atomic mass is 10.1. The number of piperazine rings is 1. The van der Waals surface area contributed by atoms with E-state index in [1.807, 2.05) is 49.1 Å². The van der Waals surface area contributed by atoms with Gasteiger partial charge in [0.05, 0.1) is 17.8 Å². The summed E-state index contributed by atoms with van der Waals surface area (Å²) in [5.41, 5.74) is 3.92. The molecule has 1 heterocycles. The van der Waals surface area contributed by atoms with E-state index in [1.165, 1.54) is 5.56 Å². The molecule has 0 spiro atoms. The third-order valence-electron chi connectivity index (χ3n) is 4.91. The van der Waals surface area contributed by atoms with Crippen molar-refractivity contribution in [2.75, 3.05) is 38.6 Å². The minimum atomic E-state index is -0.0965. The third kappa shape index (κ3) is 4.73. The SMILES string of the molecule is COc1ccccc1CN1CCN(C(=O)Nc2c(C)cc(C)cc2Cl)CC1. The highest BCUT2D eigenvalue weighted by Crippen LogP contribution is 2.28. The number of nitrogens with one attached hydrogen (secondary N) is 1. The number of carbonyl (C=O) groups is 1. The molecule has 2 amide bonds. The number of para-hydroxylation sites is 1. The predicted octanol–water partition coefficient (Wildman–Crippen LogP) is 4.32. The van der Waals surface area contributed by atoms with Gasteiger partial charge in [0.1, 0.15) is 5.75 Å². The number of carbonyl (C=O) groups excluding carboxylic acids is 1. The predicted molar refractivity (Wildman–Crippen MR) is 110 cm³/mol. The Bertz CT molecular complexity index is 794. The lowest BCUT2D eigenvalue weighted by Gasteiger charge is -2.35. The van der Waals surface area contributed by atoms with Crippen molar-refractivity contribution in [3.63, 3.8) is 0 Å². The van der Waals surface area contributed by atoms with E-state index in [9.17, 15) is 4.79 Å². The van der Waals surface area contributed by atoms with Crippen molar-refractivity contribution in [1.82, 2.24) is 9.80 Å². The first-order valence-corrected chi connectivity index (χ1v) is 9.52. The van der Waals surface area contributed by atoms with Gasteiger partial charge < -0.3 is 15.0 Å². The second kappa shape index (κ2) is 8.63. The Morgan fingerprint density at radius 1 is 1.15 bits per heavy atom. The van der Waals surface area contributed by atoms with Crippen molar-refractivity contribution in [3.05, 3.63) is 58.1 Å². The number of aryl methyl sites for hydroxylation is 2. The van der Waals surface area contributed by atoms with Crippen molar-refractivity contribution in [2.24, 2.45) is 0 Å². The van der Waals surface area contributed by atoms with Gasteiger partial charge in [-0.25, -0.2) is 4.79 Å². The van der Waals surface area contributed by atoms with Crippen LogP contribution in [0.3, 0.4) is 0 Å². The maximum absolute atomic E-state index is 12.6. The van der Waals surface area contributed by atoms with Gasteiger partial charge in [-0.15, -0.1) is 0 Å². The molecule has 6 heteroatoms. The van der Waals surface area contributed by atoms with Crippen molar-refractivity contribution in [2.45, 2.75) is 20.4 Å². The Hall–Kier alpha value is -2.24. The fourth-order valence-corrected chi connectivity index (χ4v) is 3.81. The van der Waals surface area contributed by atoms with Crippen LogP contribution in [0.5, 0.6) is 5.75 Å². The van der Waals surface area contributed by atoms with Crippen LogP contribution in [0.2, 0.25) is 5.02 Å². The third-order valence-corrected chi connectivity index (χ3v) is 5.21. The molecule has 1 aliphatic rings. The monoisotopic (exact) mass is 387 g/mol. The van der Waals surface area contributed by atoms with Gasteiger partial charge in [-0.2, -0.15) is 0 Å². The van der Waals surface area contributed by atoms with E-state index < -0.39 is 0 Å². The first kappa shape index (κ1) is 19.5. The second-order valence-corrected chi connectivity index (χ2v) is 7.35. The molecule has 144 valence electrons. The summed E-state index contributed by atoms with van der Waals surface area (Å²) in [4.78, 5) is 16.8. The number of urea groups is 1. The number of hydrogen-bond acceptors (Lipinski definition) is 3. The normalized spacial score (nSPS) is 14.9. The summed E-state index contributed by atoms with van der Waals surface area (Å²) in [6, 6.07) is 11.9. The van der Waals surface area contributed by atoms with E-state index in [1.54, 1.807) is 7.11 Å². The zero-order valence-electron chi connectivity index (χ0n) is 16.1. The number of methoxy groups -OCH3 is 1. The summed E-state index contributed by atoms with van der Waals surface area (Å²) in [5.74, 6) is 0.905. The van der Waals surface area contributed by atoms with E-state index >= 15 is 0 Å². The van der Waals surface area contributed by atoms with Crippen LogP contribution in [0, 0.1) is 13.8 Å². The molecule has 0 radical (unpaired) electrons. The summed E-state index contributed by atoms with van der Waals surface area (Å²) in [6.45, 7) is 7.79. The summed E-state index contributed by atoms with van der Waals surface area (Å²) in [7, 11) is 1.69. The van der Waals surface area contributed by atoms with Gasteiger partial charge in [0.2, 0.25) is 0 Å². The number of amides is 2. The van der Waals surface area contributed by atoms with E-state index in [4.69, 9.17) is 16.3 Å². The molecule has 0 bridgehead atoms. The fourth-order valence-electron chi connectivity index (χ4n) is 3.44. The Kier molecular flexibility index (Phi) is 6.24. The lowest BCUT2D eigenvalue weighted by molar-refractivity contribution is 0.142. The molecule has 1 N–H and O–H groups in total. The number of anilines is 1. The maximum Gasteiger partial charge on any atom is 0.321 e. The Balaban J connectivity index is 1.57. The number of nitrogens with zero attached hydrogens (tertiary/aromatic N) is 2. The standard InChI is InChI=1S/C21H26ClN3O2/c1-15-12-16(2)20(18(22)13-15)23-21(26)25-10-8-24(9-11-25)14-17-6-4-5-7-19(17)27-3/h4-7,12-13H,8-11,14H2,1-3H3,(H,23,26). The highest BCUT2D eigenvalue weighted by Gasteiger charge is 2.22. The van der Waals surface area contributed by atoms with Gasteiger partial charge in [0.25, 0.3) is 0 Å². The Morgan fingerprint density at radius 2 is 1.85 bits per heavy atom. The first-order valence-electron chi connectivity index (χ1n) is 9.15. The average molecular weight is 388 g/mol. The van der Waals surface area contributed by atoms with Gasteiger partial charge in [-0.3, -0.25) is 4.90 Å². The zero-order chi connectivity index (χ0) is 19.4. The van der Waals surface area contributed by atoms with Gasteiger partial charge in [-0.1, -0.05) is 35.9 Å². The average Bonchev–Trinajstić information content (AvgIpc) is 2.65. The largest absolute Gasteiger partial charge is 0.496 e. The molecule has 27 heavy (non-hydrogen) atoms. The van der Waals surface area contributed by atoms with Crippen molar-refractivity contribution < 1.29 is 9.53 Å². The minimum absolute atomic E-state index is 0.0965. The molecular weight excluding hydrogens is 362 g/mol. The molecule has 0 aromatic heterocycles. The van der Waals surface area contributed by atoms with Crippen LogP contribution >= 0.6 is 11.6 Å². The lowest BCUT2D eigenvalue weighted by Crippen LogP contribution is -2.49. The number of ether oxygens (including phenoxy) is 1. The highest BCUT2D eigenvalue weighted by molar-refractivity contribution is 6.34. The van der Waals surface area contributed by atoms with Crippen LogP contribution in [-0.4, -0.2) is 49.1 Å². The topological polar surface area (TPSA) is 44.8 Å². The summed E-state index contributed by atoms with van der Waals surface area (Å²) >= 11 is 6.31. The zero-order valence-corrected chi connectivity index (χ0v) is 16.8. The molecule has 2 aromatic carbocycles. The Labute approximate surface area is 165 Å². The van der Waals surface area contributed by atoms with Gasteiger partial charge >= 0.3 is 6.03 Å². The van der Waals surface area contributed by atoms with E-state index in [0.717, 1.165) is 36.5 Å². The first-order chi connectivity index (χ1) is 13.0. The molecule has 1 saturated heterocycles. The fraction of sp³-hybridized carbons (Fsp3) is 0.381. The highest BCUT2D eigenvalue weighted by atomic mass is 35.5. The second-order valence-electron chi connectivity index (χ2n) is 6.94. The van der Waals surface area contributed by atoms with Crippen molar-refractivity contribution in [1.29, 1.82) is 0 Å². The van der Waals surface area contributed by atoms with Crippen molar-refractivity contribution in [3.8, 4) is 5.75 Å². The van der Waals surface area contributed by atoms with Crippen LogP contribution in [0.15, 0.2) is 36.4 Å². The maximum atomic E-state index is 12.6. The molecule has 0 saturated carbocycles. The van der Waals surface area contributed by atoms with Crippen LogP contribution in [0.25, 0.3) is 0 Å². The molecule has 3 rings (SSSR count). The van der Waals surface area contributed by atoms with Gasteiger partial charge in [-0.05, 0) is 37.1 Å². The molecule has 1 fully saturated rings. The van der Waals surface area contributed by atoms with Crippen LogP contribution < -0.4 is 10.1 Å². The summed E-state index contributed by atoms with van der Waals surface area (Å²) in [5, 5.41) is 3.55.